The summed E-state index contributed by atoms with van der Waals surface area (Å²) in [6.07, 6.45) is 3.30. The Morgan fingerprint density at radius 1 is 1.16 bits per heavy atom. The maximum Gasteiger partial charge on any atom is 0.315 e. The van der Waals surface area contributed by atoms with Crippen LogP contribution in [0.4, 0.5) is 10.7 Å². The Kier molecular flexibility index (Phi) is 6.82. The number of ether oxygens (including phenoxy) is 2. The SMILES string of the molecule is COc1ccc(C(C)NC(=O)NCCNc2ncccn2)c(OC)c1. The number of benzene rings is 1. The molecule has 1 aromatic heterocycles. The molecular weight excluding hydrogens is 322 g/mol. The monoisotopic (exact) mass is 345 g/mol. The van der Waals surface area contributed by atoms with Gasteiger partial charge in [0.15, 0.2) is 0 Å². The number of nitrogens with one attached hydrogen (secondary N) is 3. The molecule has 1 atom stereocenters. The molecule has 2 amide bonds. The topological polar surface area (TPSA) is 97.4 Å². The number of anilines is 1. The Balaban J connectivity index is 1.79. The largest absolute Gasteiger partial charge is 0.497 e. The standard InChI is InChI=1S/C17H23N5O3/c1-12(14-6-5-13(24-2)11-15(14)25-3)22-17(23)21-10-9-20-16-18-7-4-8-19-16/h4-8,11-12H,9-10H2,1-3H3,(H,18,19,20)(H2,21,22,23). The van der Waals surface area contributed by atoms with Crippen molar-refractivity contribution < 1.29 is 14.3 Å². The summed E-state index contributed by atoms with van der Waals surface area (Å²) < 4.78 is 10.5. The van der Waals surface area contributed by atoms with Gasteiger partial charge < -0.3 is 25.4 Å². The van der Waals surface area contributed by atoms with Crippen molar-refractivity contribution in [2.45, 2.75) is 13.0 Å². The fraction of sp³-hybridized carbons (Fsp3) is 0.353. The molecule has 2 rings (SSSR count). The molecule has 0 fully saturated rings. The molecule has 0 bridgehead atoms. The number of urea groups is 1. The van der Waals surface area contributed by atoms with Crippen molar-refractivity contribution >= 4 is 12.0 Å². The molecule has 0 spiro atoms. The fourth-order valence-electron chi connectivity index (χ4n) is 2.24. The number of amides is 2. The molecule has 2 aromatic rings. The van der Waals surface area contributed by atoms with Crippen LogP contribution in [0.1, 0.15) is 18.5 Å². The van der Waals surface area contributed by atoms with Gasteiger partial charge in [0.1, 0.15) is 11.5 Å². The number of carbonyl (C=O) groups is 1. The third kappa shape index (κ3) is 5.52. The summed E-state index contributed by atoms with van der Waals surface area (Å²) in [7, 11) is 3.18. The molecule has 0 aliphatic rings. The van der Waals surface area contributed by atoms with Crippen LogP contribution >= 0.6 is 0 Å². The minimum Gasteiger partial charge on any atom is -0.497 e. The van der Waals surface area contributed by atoms with Crippen LogP contribution in [-0.4, -0.2) is 43.3 Å². The molecule has 0 saturated heterocycles. The van der Waals surface area contributed by atoms with Gasteiger partial charge in [-0.1, -0.05) is 0 Å². The normalized spacial score (nSPS) is 11.3. The van der Waals surface area contributed by atoms with Crippen molar-refractivity contribution in [2.75, 3.05) is 32.6 Å². The summed E-state index contributed by atoms with van der Waals surface area (Å²) in [5.74, 6) is 1.89. The summed E-state index contributed by atoms with van der Waals surface area (Å²) in [4.78, 5) is 20.1. The van der Waals surface area contributed by atoms with Crippen LogP contribution in [0.5, 0.6) is 11.5 Å². The predicted molar refractivity (Wildman–Crippen MR) is 95.0 cm³/mol. The van der Waals surface area contributed by atoms with Gasteiger partial charge in [-0.2, -0.15) is 0 Å². The molecule has 25 heavy (non-hydrogen) atoms. The molecule has 0 aliphatic heterocycles. The lowest BCUT2D eigenvalue weighted by atomic mass is 10.1. The zero-order valence-electron chi connectivity index (χ0n) is 14.6. The van der Waals surface area contributed by atoms with Gasteiger partial charge >= 0.3 is 6.03 Å². The summed E-state index contributed by atoms with van der Waals surface area (Å²) in [6.45, 7) is 2.86. The summed E-state index contributed by atoms with van der Waals surface area (Å²) in [5.41, 5.74) is 0.870. The van der Waals surface area contributed by atoms with E-state index in [1.54, 1.807) is 38.7 Å². The van der Waals surface area contributed by atoms with E-state index in [0.29, 0.717) is 30.5 Å². The predicted octanol–water partition coefficient (Wildman–Crippen LogP) is 1.97. The fourth-order valence-corrected chi connectivity index (χ4v) is 2.24. The number of methoxy groups -OCH3 is 2. The molecule has 1 heterocycles. The van der Waals surface area contributed by atoms with Crippen molar-refractivity contribution in [3.63, 3.8) is 0 Å². The van der Waals surface area contributed by atoms with E-state index in [1.165, 1.54) is 0 Å². The lowest BCUT2D eigenvalue weighted by molar-refractivity contribution is 0.238. The van der Waals surface area contributed by atoms with Gasteiger partial charge in [-0.3, -0.25) is 0 Å². The Labute approximate surface area is 147 Å². The van der Waals surface area contributed by atoms with E-state index in [9.17, 15) is 4.79 Å². The van der Waals surface area contributed by atoms with Crippen LogP contribution < -0.4 is 25.4 Å². The van der Waals surface area contributed by atoms with E-state index >= 15 is 0 Å². The molecule has 134 valence electrons. The maximum atomic E-state index is 12.0. The summed E-state index contributed by atoms with van der Waals surface area (Å²) >= 11 is 0. The third-order valence-electron chi connectivity index (χ3n) is 3.51. The first kappa shape index (κ1) is 18.3. The lowest BCUT2D eigenvalue weighted by Crippen LogP contribution is -2.39. The zero-order valence-corrected chi connectivity index (χ0v) is 14.6. The van der Waals surface area contributed by atoms with E-state index in [1.807, 2.05) is 19.1 Å². The summed E-state index contributed by atoms with van der Waals surface area (Å²) in [6, 6.07) is 6.75. The Morgan fingerprint density at radius 3 is 2.60 bits per heavy atom. The molecular formula is C17H23N5O3. The third-order valence-corrected chi connectivity index (χ3v) is 3.51. The lowest BCUT2D eigenvalue weighted by Gasteiger charge is -2.18. The van der Waals surface area contributed by atoms with Gasteiger partial charge in [-0.25, -0.2) is 14.8 Å². The van der Waals surface area contributed by atoms with Crippen molar-refractivity contribution in [3.05, 3.63) is 42.2 Å². The number of carbonyl (C=O) groups excluding carboxylic acids is 1. The van der Waals surface area contributed by atoms with Gasteiger partial charge in [0.05, 0.1) is 20.3 Å². The molecule has 1 unspecified atom stereocenters. The van der Waals surface area contributed by atoms with Crippen LogP contribution in [0.3, 0.4) is 0 Å². The first-order valence-electron chi connectivity index (χ1n) is 7.91. The number of rotatable bonds is 8. The molecule has 8 heteroatoms. The number of aromatic nitrogens is 2. The van der Waals surface area contributed by atoms with E-state index in [4.69, 9.17) is 9.47 Å². The van der Waals surface area contributed by atoms with Crippen LogP contribution in [0, 0.1) is 0 Å². The van der Waals surface area contributed by atoms with E-state index in [0.717, 1.165) is 5.56 Å². The number of nitrogens with zero attached hydrogens (tertiary/aromatic N) is 2. The molecule has 3 N–H and O–H groups in total. The molecule has 8 nitrogen and oxygen atoms in total. The smallest absolute Gasteiger partial charge is 0.315 e. The minimum atomic E-state index is -0.263. The van der Waals surface area contributed by atoms with Crippen molar-refractivity contribution in [1.82, 2.24) is 20.6 Å². The van der Waals surface area contributed by atoms with E-state index < -0.39 is 0 Å². The highest BCUT2D eigenvalue weighted by atomic mass is 16.5. The quantitative estimate of drug-likeness (QED) is 0.633. The molecule has 0 aliphatic carbocycles. The van der Waals surface area contributed by atoms with Crippen LogP contribution in [0.15, 0.2) is 36.7 Å². The maximum absolute atomic E-state index is 12.0. The van der Waals surface area contributed by atoms with Crippen molar-refractivity contribution in [1.29, 1.82) is 0 Å². The second-order valence-electron chi connectivity index (χ2n) is 5.23. The van der Waals surface area contributed by atoms with Gasteiger partial charge in [0, 0.05) is 37.1 Å². The highest BCUT2D eigenvalue weighted by Crippen LogP contribution is 2.29. The highest BCUT2D eigenvalue weighted by molar-refractivity contribution is 5.74. The minimum absolute atomic E-state index is 0.216. The van der Waals surface area contributed by atoms with Crippen LogP contribution in [0.2, 0.25) is 0 Å². The number of hydrogen-bond donors (Lipinski definition) is 3. The average molecular weight is 345 g/mol. The van der Waals surface area contributed by atoms with Gasteiger partial charge in [-0.05, 0) is 25.1 Å². The Bertz CT molecular complexity index is 681. The summed E-state index contributed by atoms with van der Waals surface area (Å²) in [5, 5.41) is 8.67. The van der Waals surface area contributed by atoms with Crippen molar-refractivity contribution in [3.8, 4) is 11.5 Å². The zero-order chi connectivity index (χ0) is 18.1. The van der Waals surface area contributed by atoms with Gasteiger partial charge in [0.2, 0.25) is 5.95 Å². The first-order chi connectivity index (χ1) is 12.1. The first-order valence-corrected chi connectivity index (χ1v) is 7.91. The van der Waals surface area contributed by atoms with Crippen molar-refractivity contribution in [2.24, 2.45) is 0 Å². The highest BCUT2D eigenvalue weighted by Gasteiger charge is 2.14. The molecule has 0 radical (unpaired) electrons. The number of hydrogen-bond acceptors (Lipinski definition) is 6. The molecule has 1 aromatic carbocycles. The second-order valence-corrected chi connectivity index (χ2v) is 5.23. The second kappa shape index (κ2) is 9.31. The van der Waals surface area contributed by atoms with E-state index in [2.05, 4.69) is 25.9 Å². The van der Waals surface area contributed by atoms with Gasteiger partial charge in [0.25, 0.3) is 0 Å². The van der Waals surface area contributed by atoms with Gasteiger partial charge in [-0.15, -0.1) is 0 Å². The van der Waals surface area contributed by atoms with E-state index in [-0.39, 0.29) is 12.1 Å². The Hall–Kier alpha value is -3.03. The molecule has 0 saturated carbocycles. The van der Waals surface area contributed by atoms with Crippen LogP contribution in [0.25, 0.3) is 0 Å². The average Bonchev–Trinajstić information content (AvgIpc) is 2.65. The Morgan fingerprint density at radius 2 is 1.92 bits per heavy atom. The van der Waals surface area contributed by atoms with Crippen LogP contribution in [-0.2, 0) is 0 Å².